The predicted octanol–water partition coefficient (Wildman–Crippen LogP) is 1.92. The molecular formula is C20H19N5O4. The highest BCUT2D eigenvalue weighted by atomic mass is 16.5. The van der Waals surface area contributed by atoms with Gasteiger partial charge in [-0.05, 0) is 30.3 Å². The zero-order valence-corrected chi connectivity index (χ0v) is 15.8. The molecule has 3 rings (SSSR count). The highest BCUT2D eigenvalue weighted by Gasteiger charge is 2.17. The van der Waals surface area contributed by atoms with E-state index in [1.165, 1.54) is 19.4 Å². The molecule has 1 aromatic carbocycles. The number of phenolic OH excluding ortho intramolecular Hbond substituents is 1. The Labute approximate surface area is 166 Å². The lowest BCUT2D eigenvalue weighted by atomic mass is 10.2. The van der Waals surface area contributed by atoms with Crippen LogP contribution < -0.4 is 20.7 Å². The van der Waals surface area contributed by atoms with Gasteiger partial charge in [0, 0.05) is 37.9 Å². The molecule has 0 atom stereocenters. The molecule has 0 bridgehead atoms. The number of aromatic nitrogens is 2. The molecule has 0 aliphatic rings. The summed E-state index contributed by atoms with van der Waals surface area (Å²) in [6.07, 6.45) is 4.33. The Hall–Kier alpha value is -4.14. The number of amides is 2. The number of likely N-dealkylation sites (N-methyl/N-ethyl adjacent to an activating group) is 1. The molecule has 148 valence electrons. The number of anilines is 1. The Bertz CT molecular complexity index is 1080. The lowest BCUT2D eigenvalue weighted by molar-refractivity contribution is -0.121. The number of ether oxygens (including phenoxy) is 1. The quantitative estimate of drug-likeness (QED) is 0.286. The van der Waals surface area contributed by atoms with Crippen molar-refractivity contribution < 1.29 is 19.4 Å². The molecule has 2 amide bonds. The van der Waals surface area contributed by atoms with E-state index in [0.29, 0.717) is 17.0 Å². The molecule has 4 N–H and O–H groups in total. The van der Waals surface area contributed by atoms with Crippen LogP contribution in [0.2, 0.25) is 0 Å². The molecule has 0 saturated carbocycles. The molecule has 3 aromatic rings. The number of hydrogen-bond donors (Lipinski definition) is 4. The third kappa shape index (κ3) is 4.59. The van der Waals surface area contributed by atoms with Crippen LogP contribution in [0.25, 0.3) is 10.9 Å². The molecule has 9 heteroatoms. The second-order valence-electron chi connectivity index (χ2n) is 5.87. The van der Waals surface area contributed by atoms with Crippen LogP contribution in [0, 0.1) is 0 Å². The average molecular weight is 393 g/mol. The van der Waals surface area contributed by atoms with E-state index in [-0.39, 0.29) is 17.1 Å². The van der Waals surface area contributed by atoms with Gasteiger partial charge in [-0.1, -0.05) is 0 Å². The molecule has 0 fully saturated rings. The largest absolute Gasteiger partial charge is 0.508 e. The van der Waals surface area contributed by atoms with Gasteiger partial charge in [0.1, 0.15) is 28.6 Å². The number of nitrogens with one attached hydrogen (secondary N) is 3. The number of aromatic hydroxyl groups is 1. The Balaban J connectivity index is 1.75. The van der Waals surface area contributed by atoms with Crippen molar-refractivity contribution in [3.05, 3.63) is 60.6 Å². The lowest BCUT2D eigenvalue weighted by Crippen LogP contribution is -2.29. The Morgan fingerprint density at radius 3 is 2.59 bits per heavy atom. The van der Waals surface area contributed by atoms with E-state index in [0.717, 1.165) is 5.39 Å². The number of rotatable bonds is 6. The van der Waals surface area contributed by atoms with Crippen molar-refractivity contribution in [2.45, 2.75) is 0 Å². The molecule has 0 spiro atoms. The normalized spacial score (nSPS) is 11.0. The zero-order chi connectivity index (χ0) is 20.8. The summed E-state index contributed by atoms with van der Waals surface area (Å²) in [5.74, 6) is 0.255. The van der Waals surface area contributed by atoms with Crippen LogP contribution in [0.3, 0.4) is 0 Å². The smallest absolute Gasteiger partial charge is 0.263 e. The van der Waals surface area contributed by atoms with Gasteiger partial charge in [-0.3, -0.25) is 14.6 Å². The van der Waals surface area contributed by atoms with Crippen molar-refractivity contribution in [3.8, 4) is 17.2 Å². The fourth-order valence-electron chi connectivity index (χ4n) is 2.54. The molecule has 0 unspecified atom stereocenters. The molecule has 0 aliphatic heterocycles. The van der Waals surface area contributed by atoms with Crippen molar-refractivity contribution in [3.63, 3.8) is 0 Å². The summed E-state index contributed by atoms with van der Waals surface area (Å²) in [7, 11) is 3.03. The van der Waals surface area contributed by atoms with E-state index in [1.54, 1.807) is 49.6 Å². The predicted molar refractivity (Wildman–Crippen MR) is 108 cm³/mol. The number of phenols is 1. The highest BCUT2D eigenvalue weighted by Crippen LogP contribution is 2.30. The standard InChI is InChI=1S/C20H19N5O4/c1-21-11-15(19(27)22-2)20(28)25-18-6-4-13(10-24-18)29-17-7-8-23-16-9-12(26)3-5-14(16)17/h3-11,21,26H,1-2H3,(H,22,27)(H,24,25,28)/b15-11+. The minimum Gasteiger partial charge on any atom is -0.508 e. The van der Waals surface area contributed by atoms with Crippen LogP contribution in [0.1, 0.15) is 0 Å². The summed E-state index contributed by atoms with van der Waals surface area (Å²) in [6, 6.07) is 9.70. The number of nitrogens with zero attached hydrogens (tertiary/aromatic N) is 2. The van der Waals surface area contributed by atoms with E-state index >= 15 is 0 Å². The number of carbonyl (C=O) groups excluding carboxylic acids is 2. The number of hydrogen-bond acceptors (Lipinski definition) is 7. The van der Waals surface area contributed by atoms with E-state index in [9.17, 15) is 14.7 Å². The van der Waals surface area contributed by atoms with Gasteiger partial charge in [0.15, 0.2) is 0 Å². The maximum atomic E-state index is 12.3. The first-order chi connectivity index (χ1) is 14.0. The van der Waals surface area contributed by atoms with Crippen LogP contribution in [-0.4, -0.2) is 41.0 Å². The van der Waals surface area contributed by atoms with E-state index in [2.05, 4.69) is 25.9 Å². The summed E-state index contributed by atoms with van der Waals surface area (Å²) in [5.41, 5.74) is 0.515. The van der Waals surface area contributed by atoms with Crippen LogP contribution >= 0.6 is 0 Å². The summed E-state index contributed by atoms with van der Waals surface area (Å²) >= 11 is 0. The zero-order valence-electron chi connectivity index (χ0n) is 15.8. The van der Waals surface area contributed by atoms with Gasteiger partial charge in [-0.15, -0.1) is 0 Å². The highest BCUT2D eigenvalue weighted by molar-refractivity contribution is 6.22. The summed E-state index contributed by atoms with van der Waals surface area (Å²) in [4.78, 5) is 32.4. The number of carbonyl (C=O) groups is 2. The minimum absolute atomic E-state index is 0.0800. The topological polar surface area (TPSA) is 125 Å². The van der Waals surface area contributed by atoms with Crippen molar-refractivity contribution in [2.75, 3.05) is 19.4 Å². The van der Waals surface area contributed by atoms with Gasteiger partial charge < -0.3 is 25.8 Å². The van der Waals surface area contributed by atoms with Gasteiger partial charge in [0.05, 0.1) is 11.7 Å². The van der Waals surface area contributed by atoms with E-state index in [4.69, 9.17) is 4.74 Å². The van der Waals surface area contributed by atoms with Crippen molar-refractivity contribution in [1.82, 2.24) is 20.6 Å². The Morgan fingerprint density at radius 1 is 1.07 bits per heavy atom. The molecular weight excluding hydrogens is 374 g/mol. The maximum absolute atomic E-state index is 12.3. The number of pyridine rings is 2. The first-order valence-corrected chi connectivity index (χ1v) is 8.64. The molecule has 0 aliphatic carbocycles. The van der Waals surface area contributed by atoms with Crippen LogP contribution in [0.5, 0.6) is 17.2 Å². The molecule has 0 radical (unpaired) electrons. The summed E-state index contributed by atoms with van der Waals surface area (Å²) < 4.78 is 5.85. The van der Waals surface area contributed by atoms with Gasteiger partial charge >= 0.3 is 0 Å². The molecule has 29 heavy (non-hydrogen) atoms. The minimum atomic E-state index is -0.597. The molecule has 2 heterocycles. The number of fused-ring (bicyclic) bond motifs is 1. The van der Waals surface area contributed by atoms with Gasteiger partial charge in [-0.2, -0.15) is 0 Å². The third-order valence-electron chi connectivity index (χ3n) is 3.90. The van der Waals surface area contributed by atoms with Crippen molar-refractivity contribution >= 4 is 28.5 Å². The lowest BCUT2D eigenvalue weighted by Gasteiger charge is -2.10. The fraction of sp³-hybridized carbons (Fsp3) is 0.100. The van der Waals surface area contributed by atoms with E-state index < -0.39 is 11.8 Å². The Morgan fingerprint density at radius 2 is 1.90 bits per heavy atom. The first kappa shape index (κ1) is 19.6. The van der Waals surface area contributed by atoms with E-state index in [1.807, 2.05) is 0 Å². The Kier molecular flexibility index (Phi) is 5.88. The van der Waals surface area contributed by atoms with Gasteiger partial charge in [0.25, 0.3) is 11.8 Å². The average Bonchev–Trinajstić information content (AvgIpc) is 2.72. The maximum Gasteiger partial charge on any atom is 0.263 e. The van der Waals surface area contributed by atoms with Gasteiger partial charge in [-0.25, -0.2) is 4.98 Å². The summed E-state index contributed by atoms with van der Waals surface area (Å²) in [5, 5.41) is 17.9. The van der Waals surface area contributed by atoms with Crippen molar-refractivity contribution in [2.24, 2.45) is 0 Å². The van der Waals surface area contributed by atoms with Crippen molar-refractivity contribution in [1.29, 1.82) is 0 Å². The molecule has 0 saturated heterocycles. The van der Waals surface area contributed by atoms with Crippen LogP contribution in [-0.2, 0) is 9.59 Å². The molecule has 9 nitrogen and oxygen atoms in total. The third-order valence-corrected chi connectivity index (χ3v) is 3.90. The monoisotopic (exact) mass is 393 g/mol. The fourth-order valence-corrected chi connectivity index (χ4v) is 2.54. The van der Waals surface area contributed by atoms with Gasteiger partial charge in [0.2, 0.25) is 0 Å². The summed E-state index contributed by atoms with van der Waals surface area (Å²) in [6.45, 7) is 0. The van der Waals surface area contributed by atoms with Crippen LogP contribution in [0.15, 0.2) is 60.6 Å². The van der Waals surface area contributed by atoms with Crippen LogP contribution in [0.4, 0.5) is 5.82 Å². The SMILES string of the molecule is CN/C=C(\C(=O)NC)C(=O)Nc1ccc(Oc2ccnc3cc(O)ccc23)cn1. The first-order valence-electron chi connectivity index (χ1n) is 8.64. The number of benzene rings is 1. The second-order valence-corrected chi connectivity index (χ2v) is 5.87. The molecule has 2 aromatic heterocycles. The second kappa shape index (κ2) is 8.70.